The number of hydrogen-bond donors (Lipinski definition) is 2. The van der Waals surface area contributed by atoms with Crippen LogP contribution in [0.2, 0.25) is 0 Å². The van der Waals surface area contributed by atoms with Crippen molar-refractivity contribution in [3.63, 3.8) is 0 Å². The quantitative estimate of drug-likeness (QED) is 0.705. The van der Waals surface area contributed by atoms with Gasteiger partial charge in [0.2, 0.25) is 0 Å². The van der Waals surface area contributed by atoms with Crippen LogP contribution in [-0.4, -0.2) is 32.1 Å². The van der Waals surface area contributed by atoms with Gasteiger partial charge >= 0.3 is 6.03 Å². The molecule has 0 saturated heterocycles. The predicted octanol–water partition coefficient (Wildman–Crippen LogP) is 3.19. The molecule has 2 amide bonds. The summed E-state index contributed by atoms with van der Waals surface area (Å²) in [7, 11) is 1.84. The summed E-state index contributed by atoms with van der Waals surface area (Å²) >= 11 is 0. The van der Waals surface area contributed by atoms with Crippen molar-refractivity contribution in [3.8, 4) is 11.3 Å². The van der Waals surface area contributed by atoms with E-state index in [9.17, 15) is 4.79 Å². The Hall–Kier alpha value is -3.09. The summed E-state index contributed by atoms with van der Waals surface area (Å²) in [5, 5.41) is 14.8. The molecule has 1 aromatic carbocycles. The van der Waals surface area contributed by atoms with Crippen LogP contribution in [0.5, 0.6) is 0 Å². The highest BCUT2D eigenvalue weighted by Gasteiger charge is 2.43. The van der Waals surface area contributed by atoms with Crippen LogP contribution in [0.1, 0.15) is 18.4 Å². The van der Waals surface area contributed by atoms with Crippen LogP contribution >= 0.6 is 0 Å². The number of urea groups is 1. The third kappa shape index (κ3) is 3.72. The summed E-state index contributed by atoms with van der Waals surface area (Å²) in [6.07, 6.45) is 5.96. The second-order valence-corrected chi connectivity index (χ2v) is 7.32. The molecule has 0 atom stereocenters. The van der Waals surface area contributed by atoms with Gasteiger partial charge in [-0.1, -0.05) is 30.3 Å². The molecule has 0 unspecified atom stereocenters. The van der Waals surface area contributed by atoms with Gasteiger partial charge < -0.3 is 5.32 Å². The predicted molar refractivity (Wildman–Crippen MR) is 104 cm³/mol. The summed E-state index contributed by atoms with van der Waals surface area (Å²) in [6.45, 7) is 3.45. The van der Waals surface area contributed by atoms with E-state index in [2.05, 4.69) is 20.8 Å². The molecule has 2 N–H and O–H groups in total. The van der Waals surface area contributed by atoms with Crippen LogP contribution in [0, 0.1) is 12.3 Å². The lowest BCUT2D eigenvalue weighted by molar-refractivity contribution is 0.247. The van der Waals surface area contributed by atoms with Crippen molar-refractivity contribution in [1.82, 2.24) is 24.9 Å². The van der Waals surface area contributed by atoms with Crippen LogP contribution in [0.4, 0.5) is 10.6 Å². The number of rotatable bonds is 6. The molecule has 27 heavy (non-hydrogen) atoms. The standard InChI is InChI=1S/C20H24N6O/c1-15-17(16-7-4-3-5-8-16)24-25(2)18(15)23-19(27)21-13-20(9-10-20)14-26-12-6-11-22-26/h3-8,11-12H,9-10,13-14H2,1-2H3,(H2,21,23,27). The van der Waals surface area contributed by atoms with E-state index in [-0.39, 0.29) is 11.4 Å². The first-order valence-electron chi connectivity index (χ1n) is 9.18. The lowest BCUT2D eigenvalue weighted by Gasteiger charge is -2.16. The third-order valence-electron chi connectivity index (χ3n) is 5.20. The Morgan fingerprint density at radius 3 is 2.67 bits per heavy atom. The minimum atomic E-state index is -0.201. The minimum Gasteiger partial charge on any atom is -0.337 e. The first kappa shape index (κ1) is 17.3. The number of anilines is 1. The maximum absolute atomic E-state index is 12.5. The average Bonchev–Trinajstić information content (AvgIpc) is 3.13. The van der Waals surface area contributed by atoms with Crippen molar-refractivity contribution < 1.29 is 4.79 Å². The molecule has 0 spiro atoms. The molecular formula is C20H24N6O. The van der Waals surface area contributed by atoms with E-state index in [1.165, 1.54) is 0 Å². The van der Waals surface area contributed by atoms with E-state index in [1.807, 2.05) is 61.2 Å². The van der Waals surface area contributed by atoms with Gasteiger partial charge in [0.25, 0.3) is 0 Å². The molecule has 3 aromatic rings. The number of hydrogen-bond acceptors (Lipinski definition) is 3. The van der Waals surface area contributed by atoms with Crippen molar-refractivity contribution in [2.24, 2.45) is 12.5 Å². The summed E-state index contributed by atoms with van der Waals surface area (Å²) in [5.41, 5.74) is 3.00. The van der Waals surface area contributed by atoms with E-state index in [0.717, 1.165) is 36.2 Å². The lowest BCUT2D eigenvalue weighted by atomic mass is 10.1. The van der Waals surface area contributed by atoms with Gasteiger partial charge in [0.1, 0.15) is 5.82 Å². The Morgan fingerprint density at radius 2 is 2.00 bits per heavy atom. The maximum Gasteiger partial charge on any atom is 0.320 e. The highest BCUT2D eigenvalue weighted by atomic mass is 16.2. The molecule has 2 heterocycles. The first-order chi connectivity index (χ1) is 13.1. The number of amides is 2. The zero-order valence-electron chi connectivity index (χ0n) is 15.6. The Balaban J connectivity index is 1.39. The van der Waals surface area contributed by atoms with Crippen molar-refractivity contribution >= 4 is 11.8 Å². The molecule has 7 heteroatoms. The van der Waals surface area contributed by atoms with Crippen LogP contribution in [0.3, 0.4) is 0 Å². The second kappa shape index (κ2) is 6.90. The normalized spacial score (nSPS) is 14.7. The van der Waals surface area contributed by atoms with E-state index >= 15 is 0 Å². The maximum atomic E-state index is 12.5. The van der Waals surface area contributed by atoms with Crippen molar-refractivity contribution in [2.45, 2.75) is 26.3 Å². The molecule has 140 valence electrons. The topological polar surface area (TPSA) is 76.8 Å². The molecule has 0 bridgehead atoms. The summed E-state index contributed by atoms with van der Waals surface area (Å²) in [5.74, 6) is 0.711. The van der Waals surface area contributed by atoms with Crippen molar-refractivity contribution in [2.75, 3.05) is 11.9 Å². The number of carbonyl (C=O) groups excluding carboxylic acids is 1. The molecule has 2 aromatic heterocycles. The molecule has 1 aliphatic rings. The second-order valence-electron chi connectivity index (χ2n) is 7.32. The zero-order chi connectivity index (χ0) is 18.9. The largest absolute Gasteiger partial charge is 0.337 e. The van der Waals surface area contributed by atoms with Gasteiger partial charge in [-0.2, -0.15) is 10.2 Å². The summed E-state index contributed by atoms with van der Waals surface area (Å²) < 4.78 is 3.65. The number of nitrogens with zero attached hydrogens (tertiary/aromatic N) is 4. The number of nitrogens with one attached hydrogen (secondary N) is 2. The highest BCUT2D eigenvalue weighted by Crippen LogP contribution is 2.46. The number of aromatic nitrogens is 4. The van der Waals surface area contributed by atoms with Crippen molar-refractivity contribution in [3.05, 3.63) is 54.4 Å². The van der Waals surface area contributed by atoms with Gasteiger partial charge in [0.05, 0.1) is 5.69 Å². The van der Waals surface area contributed by atoms with Gasteiger partial charge in [-0.25, -0.2) is 4.79 Å². The molecule has 1 fully saturated rings. The Morgan fingerprint density at radius 1 is 1.22 bits per heavy atom. The molecule has 4 rings (SSSR count). The summed E-state index contributed by atoms with van der Waals surface area (Å²) in [4.78, 5) is 12.5. The highest BCUT2D eigenvalue weighted by molar-refractivity contribution is 5.90. The molecule has 7 nitrogen and oxygen atoms in total. The van der Waals surface area contributed by atoms with E-state index in [1.54, 1.807) is 10.9 Å². The number of benzene rings is 1. The number of carbonyl (C=O) groups is 1. The molecule has 0 radical (unpaired) electrons. The van der Waals surface area contributed by atoms with Gasteiger partial charge in [0, 0.05) is 49.1 Å². The fraction of sp³-hybridized carbons (Fsp3) is 0.350. The van der Waals surface area contributed by atoms with Gasteiger partial charge in [-0.3, -0.25) is 14.7 Å². The Kier molecular flexibility index (Phi) is 4.43. The fourth-order valence-electron chi connectivity index (χ4n) is 3.40. The van der Waals surface area contributed by atoms with E-state index in [4.69, 9.17) is 0 Å². The Labute approximate surface area is 158 Å². The smallest absolute Gasteiger partial charge is 0.320 e. The lowest BCUT2D eigenvalue weighted by Crippen LogP contribution is -2.36. The molecule has 1 aliphatic carbocycles. The fourth-order valence-corrected chi connectivity index (χ4v) is 3.40. The molecular weight excluding hydrogens is 340 g/mol. The number of aryl methyl sites for hydroxylation is 1. The SMILES string of the molecule is Cc1c(-c2ccccc2)nn(C)c1NC(=O)NCC1(Cn2cccn2)CC1. The first-order valence-corrected chi connectivity index (χ1v) is 9.18. The van der Waals surface area contributed by atoms with Gasteiger partial charge in [0.15, 0.2) is 0 Å². The van der Waals surface area contributed by atoms with E-state index in [0.29, 0.717) is 12.4 Å². The van der Waals surface area contributed by atoms with Gasteiger partial charge in [-0.05, 0) is 25.8 Å². The average molecular weight is 364 g/mol. The van der Waals surface area contributed by atoms with Crippen LogP contribution in [-0.2, 0) is 13.6 Å². The monoisotopic (exact) mass is 364 g/mol. The third-order valence-corrected chi connectivity index (χ3v) is 5.20. The molecule has 0 aliphatic heterocycles. The van der Waals surface area contributed by atoms with Crippen LogP contribution in [0.25, 0.3) is 11.3 Å². The zero-order valence-corrected chi connectivity index (χ0v) is 15.6. The minimum absolute atomic E-state index is 0.125. The van der Waals surface area contributed by atoms with Gasteiger partial charge in [-0.15, -0.1) is 0 Å². The van der Waals surface area contributed by atoms with Crippen molar-refractivity contribution in [1.29, 1.82) is 0 Å². The van der Waals surface area contributed by atoms with Crippen LogP contribution in [0.15, 0.2) is 48.8 Å². The summed E-state index contributed by atoms with van der Waals surface area (Å²) in [6, 6.07) is 11.7. The van der Waals surface area contributed by atoms with Crippen LogP contribution < -0.4 is 10.6 Å². The van der Waals surface area contributed by atoms with E-state index < -0.39 is 0 Å². The molecule has 1 saturated carbocycles. The Bertz CT molecular complexity index is 925.